The molecule has 104 valence electrons. The largest absolute Gasteiger partial charge is 0.306 e. The summed E-state index contributed by atoms with van der Waals surface area (Å²) in [5.41, 5.74) is 2.28. The lowest BCUT2D eigenvalue weighted by molar-refractivity contribution is 0.602. The van der Waals surface area contributed by atoms with Crippen LogP contribution >= 0.6 is 0 Å². The van der Waals surface area contributed by atoms with Crippen LogP contribution in [-0.2, 0) is 0 Å². The molecule has 0 bridgehead atoms. The Balaban J connectivity index is 2.17. The molecule has 0 saturated heterocycles. The lowest BCUT2D eigenvalue weighted by Crippen LogP contribution is -2.23. The zero-order chi connectivity index (χ0) is 14.2. The number of hydrogen-bond acceptors (Lipinski definition) is 1. The topological polar surface area (TPSA) is 12.0 Å². The van der Waals surface area contributed by atoms with Crippen LogP contribution in [0.2, 0.25) is 0 Å². The zero-order valence-corrected chi connectivity index (χ0v) is 11.7. The second kappa shape index (κ2) is 7.61. The van der Waals surface area contributed by atoms with Crippen molar-refractivity contribution in [2.45, 2.75) is 19.4 Å². The highest BCUT2D eigenvalue weighted by Gasteiger charge is 2.12. The van der Waals surface area contributed by atoms with Crippen LogP contribution in [0.5, 0.6) is 0 Å². The normalized spacial score (nSPS) is 12.7. The molecule has 1 nitrogen and oxygen atoms in total. The molecule has 1 N–H and O–H groups in total. The highest BCUT2D eigenvalue weighted by Crippen LogP contribution is 2.22. The van der Waals surface area contributed by atoms with E-state index in [0.717, 1.165) is 18.5 Å². The molecular weight excluding hydrogens is 249 g/mol. The minimum absolute atomic E-state index is 0.0991. The van der Waals surface area contributed by atoms with Gasteiger partial charge in [-0.15, -0.1) is 0 Å². The van der Waals surface area contributed by atoms with Gasteiger partial charge in [0.15, 0.2) is 0 Å². The highest BCUT2D eigenvalue weighted by atomic mass is 19.1. The van der Waals surface area contributed by atoms with Crippen molar-refractivity contribution in [2.24, 2.45) is 0 Å². The molecule has 0 aliphatic rings. The summed E-state index contributed by atoms with van der Waals surface area (Å²) in [6.07, 6.45) is 5.18. The summed E-state index contributed by atoms with van der Waals surface area (Å²) in [5.74, 6) is -0.200. The smallest absolute Gasteiger partial charge is 0.123 e. The van der Waals surface area contributed by atoms with Crippen LogP contribution in [0.4, 0.5) is 4.39 Å². The van der Waals surface area contributed by atoms with Crippen molar-refractivity contribution < 1.29 is 4.39 Å². The van der Waals surface area contributed by atoms with Crippen LogP contribution in [0.15, 0.2) is 66.7 Å². The summed E-state index contributed by atoms with van der Waals surface area (Å²) >= 11 is 0. The summed E-state index contributed by atoms with van der Waals surface area (Å²) in [4.78, 5) is 0. The Morgan fingerprint density at radius 3 is 2.30 bits per heavy atom. The average Bonchev–Trinajstić information content (AvgIpc) is 2.50. The summed E-state index contributed by atoms with van der Waals surface area (Å²) < 4.78 is 13.1. The number of rotatable bonds is 6. The van der Waals surface area contributed by atoms with Gasteiger partial charge in [-0.2, -0.15) is 0 Å². The number of hydrogen-bond donors (Lipinski definition) is 1. The van der Waals surface area contributed by atoms with Gasteiger partial charge < -0.3 is 5.32 Å². The Labute approximate surface area is 120 Å². The van der Waals surface area contributed by atoms with Crippen molar-refractivity contribution in [1.29, 1.82) is 0 Å². The molecule has 0 heterocycles. The van der Waals surface area contributed by atoms with Crippen molar-refractivity contribution in [1.82, 2.24) is 5.32 Å². The average molecular weight is 269 g/mol. The van der Waals surface area contributed by atoms with Crippen molar-refractivity contribution in [2.75, 3.05) is 6.54 Å². The molecule has 20 heavy (non-hydrogen) atoms. The van der Waals surface area contributed by atoms with Gasteiger partial charge >= 0.3 is 0 Å². The molecule has 0 saturated carbocycles. The van der Waals surface area contributed by atoms with Gasteiger partial charge in [0.05, 0.1) is 6.04 Å². The molecule has 0 aromatic heterocycles. The van der Waals surface area contributed by atoms with E-state index >= 15 is 0 Å². The zero-order valence-electron chi connectivity index (χ0n) is 11.7. The van der Waals surface area contributed by atoms with E-state index in [1.807, 2.05) is 37.3 Å². The molecule has 2 rings (SSSR count). The van der Waals surface area contributed by atoms with E-state index in [0.29, 0.717) is 0 Å². The first-order chi connectivity index (χ1) is 9.81. The minimum Gasteiger partial charge on any atom is -0.306 e. The number of nitrogens with one attached hydrogen (secondary N) is 1. The standard InChI is InChI=1S/C18H20FN/c1-2-3-7-14-20-18(15-8-5-4-6-9-15)16-10-12-17(19)13-11-16/h2-6,8-13,18,20H,7,14H2,1H3/b3-2+. The van der Waals surface area contributed by atoms with Crippen molar-refractivity contribution in [3.63, 3.8) is 0 Å². The Morgan fingerprint density at radius 2 is 1.65 bits per heavy atom. The molecule has 2 aromatic carbocycles. The fourth-order valence-electron chi connectivity index (χ4n) is 2.21. The molecule has 1 atom stereocenters. The second-order valence-electron chi connectivity index (χ2n) is 4.71. The van der Waals surface area contributed by atoms with Gasteiger partial charge in [0, 0.05) is 0 Å². The van der Waals surface area contributed by atoms with E-state index in [1.165, 1.54) is 17.7 Å². The summed E-state index contributed by atoms with van der Waals surface area (Å²) in [7, 11) is 0. The fourth-order valence-corrected chi connectivity index (χ4v) is 2.21. The molecule has 2 heteroatoms. The quantitative estimate of drug-likeness (QED) is 0.602. The predicted molar refractivity (Wildman–Crippen MR) is 82.1 cm³/mol. The van der Waals surface area contributed by atoms with Crippen LogP contribution in [0, 0.1) is 5.82 Å². The fraction of sp³-hybridized carbons (Fsp3) is 0.222. The van der Waals surface area contributed by atoms with Gasteiger partial charge in [-0.1, -0.05) is 54.6 Å². The van der Waals surface area contributed by atoms with Gasteiger partial charge in [-0.25, -0.2) is 4.39 Å². The molecule has 0 aliphatic heterocycles. The third-order valence-electron chi connectivity index (χ3n) is 3.23. The first-order valence-corrected chi connectivity index (χ1v) is 6.96. The van der Waals surface area contributed by atoms with Crippen LogP contribution < -0.4 is 5.32 Å². The third-order valence-corrected chi connectivity index (χ3v) is 3.23. The monoisotopic (exact) mass is 269 g/mol. The Bertz CT molecular complexity index is 531. The first kappa shape index (κ1) is 14.5. The lowest BCUT2D eigenvalue weighted by Gasteiger charge is -2.19. The van der Waals surface area contributed by atoms with Gasteiger partial charge in [-0.3, -0.25) is 0 Å². The first-order valence-electron chi connectivity index (χ1n) is 6.96. The number of benzene rings is 2. The maximum absolute atomic E-state index is 13.1. The van der Waals surface area contributed by atoms with Gasteiger partial charge in [-0.05, 0) is 43.1 Å². The maximum Gasteiger partial charge on any atom is 0.123 e. The van der Waals surface area contributed by atoms with E-state index in [9.17, 15) is 4.39 Å². The molecule has 0 spiro atoms. The van der Waals surface area contributed by atoms with Crippen molar-refractivity contribution in [3.05, 3.63) is 83.7 Å². The minimum atomic E-state index is -0.200. The van der Waals surface area contributed by atoms with E-state index in [4.69, 9.17) is 0 Å². The maximum atomic E-state index is 13.1. The summed E-state index contributed by atoms with van der Waals surface area (Å²) in [6, 6.07) is 17.1. The van der Waals surface area contributed by atoms with Crippen molar-refractivity contribution in [3.8, 4) is 0 Å². The lowest BCUT2D eigenvalue weighted by atomic mass is 9.98. The Hall–Kier alpha value is -1.93. The summed E-state index contributed by atoms with van der Waals surface area (Å²) in [5, 5.41) is 3.53. The number of allylic oxidation sites excluding steroid dienone is 1. The van der Waals surface area contributed by atoms with E-state index in [2.05, 4.69) is 29.6 Å². The van der Waals surface area contributed by atoms with Crippen LogP contribution in [-0.4, -0.2) is 6.54 Å². The summed E-state index contributed by atoms with van der Waals surface area (Å²) in [6.45, 7) is 2.91. The third kappa shape index (κ3) is 4.04. The Morgan fingerprint density at radius 1 is 1.00 bits per heavy atom. The molecule has 0 fully saturated rings. The Kier molecular flexibility index (Phi) is 5.51. The van der Waals surface area contributed by atoms with Gasteiger partial charge in [0.25, 0.3) is 0 Å². The molecular formula is C18H20FN. The number of halogens is 1. The molecule has 2 aromatic rings. The highest BCUT2D eigenvalue weighted by molar-refractivity contribution is 5.31. The van der Waals surface area contributed by atoms with E-state index in [1.54, 1.807) is 0 Å². The van der Waals surface area contributed by atoms with Crippen LogP contribution in [0.3, 0.4) is 0 Å². The molecule has 0 radical (unpaired) electrons. The second-order valence-corrected chi connectivity index (χ2v) is 4.71. The van der Waals surface area contributed by atoms with Crippen LogP contribution in [0.25, 0.3) is 0 Å². The van der Waals surface area contributed by atoms with Gasteiger partial charge in [0.2, 0.25) is 0 Å². The SMILES string of the molecule is C/C=C/CCNC(c1ccccc1)c1ccc(F)cc1. The molecule has 0 aliphatic carbocycles. The van der Waals surface area contributed by atoms with Crippen LogP contribution in [0.1, 0.15) is 30.5 Å². The molecule has 1 unspecified atom stereocenters. The van der Waals surface area contributed by atoms with E-state index < -0.39 is 0 Å². The van der Waals surface area contributed by atoms with E-state index in [-0.39, 0.29) is 11.9 Å². The molecule has 0 amide bonds. The van der Waals surface area contributed by atoms with Crippen molar-refractivity contribution >= 4 is 0 Å². The predicted octanol–water partition coefficient (Wildman–Crippen LogP) is 4.47. The van der Waals surface area contributed by atoms with Gasteiger partial charge in [0.1, 0.15) is 5.82 Å².